The number of aryl methyl sites for hydroxylation is 2. The molecule has 0 heterocycles. The van der Waals surface area contributed by atoms with Crippen LogP contribution in [0.5, 0.6) is 0 Å². The van der Waals surface area contributed by atoms with Crippen LogP contribution in [0, 0.1) is 13.8 Å². The molecule has 0 saturated carbocycles. The summed E-state index contributed by atoms with van der Waals surface area (Å²) in [6.45, 7) is 8.41. The number of thiocarbonyl (C=S) groups is 1. The fraction of sp³-hybridized carbons (Fsp3) is 0.462. The van der Waals surface area contributed by atoms with E-state index < -0.39 is 0 Å². The highest BCUT2D eigenvalue weighted by molar-refractivity contribution is 7.80. The summed E-state index contributed by atoms with van der Waals surface area (Å²) in [5, 5.41) is 4.06. The molecule has 3 heteroatoms. The van der Waals surface area contributed by atoms with Crippen LogP contribution in [0.25, 0.3) is 0 Å². The van der Waals surface area contributed by atoms with Crippen molar-refractivity contribution in [1.29, 1.82) is 0 Å². The lowest BCUT2D eigenvalue weighted by molar-refractivity contribution is 0.423. The monoisotopic (exact) mass is 236 g/mol. The van der Waals surface area contributed by atoms with E-state index in [0.29, 0.717) is 6.04 Å². The van der Waals surface area contributed by atoms with Crippen molar-refractivity contribution in [1.82, 2.24) is 4.90 Å². The Morgan fingerprint density at radius 1 is 1.31 bits per heavy atom. The van der Waals surface area contributed by atoms with E-state index in [1.807, 2.05) is 7.05 Å². The van der Waals surface area contributed by atoms with Crippen LogP contribution in [-0.4, -0.2) is 23.1 Å². The molecule has 0 unspecified atom stereocenters. The average molecular weight is 236 g/mol. The summed E-state index contributed by atoms with van der Waals surface area (Å²) in [4.78, 5) is 2.05. The lowest BCUT2D eigenvalue weighted by atomic mass is 10.1. The van der Waals surface area contributed by atoms with Gasteiger partial charge in [-0.05, 0) is 57.1 Å². The Morgan fingerprint density at radius 3 is 2.50 bits per heavy atom. The SMILES string of the molecule is Cc1ccc(C)c(NC(=S)N(C)C(C)C)c1. The highest BCUT2D eigenvalue weighted by Gasteiger charge is 2.08. The van der Waals surface area contributed by atoms with E-state index in [9.17, 15) is 0 Å². The van der Waals surface area contributed by atoms with Gasteiger partial charge in [0.1, 0.15) is 0 Å². The highest BCUT2D eigenvalue weighted by Crippen LogP contribution is 2.17. The number of rotatable bonds is 2. The van der Waals surface area contributed by atoms with Gasteiger partial charge in [-0.15, -0.1) is 0 Å². The third kappa shape index (κ3) is 3.20. The molecule has 2 nitrogen and oxygen atoms in total. The predicted octanol–water partition coefficient (Wildman–Crippen LogP) is 3.34. The van der Waals surface area contributed by atoms with Gasteiger partial charge in [0.15, 0.2) is 5.11 Å². The van der Waals surface area contributed by atoms with Gasteiger partial charge in [0, 0.05) is 18.8 Å². The minimum absolute atomic E-state index is 0.408. The summed E-state index contributed by atoms with van der Waals surface area (Å²) in [6.07, 6.45) is 0. The van der Waals surface area contributed by atoms with Crippen molar-refractivity contribution in [2.45, 2.75) is 33.7 Å². The average Bonchev–Trinajstić information content (AvgIpc) is 2.22. The lowest BCUT2D eigenvalue weighted by Gasteiger charge is -2.25. The van der Waals surface area contributed by atoms with Crippen molar-refractivity contribution < 1.29 is 0 Å². The lowest BCUT2D eigenvalue weighted by Crippen LogP contribution is -2.36. The van der Waals surface area contributed by atoms with Crippen molar-refractivity contribution in [3.63, 3.8) is 0 Å². The van der Waals surface area contributed by atoms with Crippen LogP contribution in [-0.2, 0) is 0 Å². The van der Waals surface area contributed by atoms with Crippen molar-refractivity contribution >= 4 is 23.0 Å². The molecule has 0 bridgehead atoms. The molecule has 0 aliphatic heterocycles. The molecule has 0 aliphatic carbocycles. The van der Waals surface area contributed by atoms with E-state index in [0.717, 1.165) is 10.8 Å². The molecule has 0 aromatic heterocycles. The maximum atomic E-state index is 5.35. The van der Waals surface area contributed by atoms with Gasteiger partial charge in [-0.2, -0.15) is 0 Å². The maximum absolute atomic E-state index is 5.35. The van der Waals surface area contributed by atoms with Gasteiger partial charge >= 0.3 is 0 Å². The first-order chi connectivity index (χ1) is 7.41. The summed E-state index contributed by atoms with van der Waals surface area (Å²) in [6, 6.07) is 6.74. The Bertz CT molecular complexity index is 386. The number of nitrogens with zero attached hydrogens (tertiary/aromatic N) is 1. The Hall–Kier alpha value is -1.09. The van der Waals surface area contributed by atoms with Crippen LogP contribution >= 0.6 is 12.2 Å². The molecular weight excluding hydrogens is 216 g/mol. The molecule has 1 rings (SSSR count). The molecule has 0 radical (unpaired) electrons. The van der Waals surface area contributed by atoms with Crippen molar-refractivity contribution in [2.24, 2.45) is 0 Å². The first-order valence-electron chi connectivity index (χ1n) is 5.53. The second-order valence-electron chi connectivity index (χ2n) is 4.45. The predicted molar refractivity (Wildman–Crippen MR) is 75.0 cm³/mol. The quantitative estimate of drug-likeness (QED) is 0.793. The number of benzene rings is 1. The minimum Gasteiger partial charge on any atom is -0.350 e. The van der Waals surface area contributed by atoms with Crippen molar-refractivity contribution in [3.8, 4) is 0 Å². The minimum atomic E-state index is 0.408. The Labute approximate surface area is 104 Å². The van der Waals surface area contributed by atoms with Gasteiger partial charge in [-0.25, -0.2) is 0 Å². The molecule has 16 heavy (non-hydrogen) atoms. The molecule has 88 valence electrons. The van der Waals surface area contributed by atoms with Crippen LogP contribution in [0.15, 0.2) is 18.2 Å². The van der Waals surface area contributed by atoms with Crippen LogP contribution in [0.3, 0.4) is 0 Å². The maximum Gasteiger partial charge on any atom is 0.173 e. The number of hydrogen-bond acceptors (Lipinski definition) is 1. The van der Waals surface area contributed by atoms with Crippen LogP contribution in [0.2, 0.25) is 0 Å². The smallest absolute Gasteiger partial charge is 0.173 e. The number of anilines is 1. The third-order valence-electron chi connectivity index (χ3n) is 2.73. The number of nitrogens with one attached hydrogen (secondary N) is 1. The van der Waals surface area contributed by atoms with Gasteiger partial charge in [0.25, 0.3) is 0 Å². The normalized spacial score (nSPS) is 10.4. The van der Waals surface area contributed by atoms with E-state index in [1.165, 1.54) is 11.1 Å². The fourth-order valence-corrected chi connectivity index (χ4v) is 1.63. The zero-order valence-electron chi connectivity index (χ0n) is 10.7. The van der Waals surface area contributed by atoms with E-state index in [4.69, 9.17) is 12.2 Å². The Balaban J connectivity index is 2.80. The van der Waals surface area contributed by atoms with Gasteiger partial charge in [-0.3, -0.25) is 0 Å². The molecule has 0 fully saturated rings. The van der Waals surface area contributed by atoms with Crippen molar-refractivity contribution in [2.75, 3.05) is 12.4 Å². The molecule has 0 atom stereocenters. The van der Waals surface area contributed by atoms with E-state index in [-0.39, 0.29) is 0 Å². The molecule has 1 aromatic rings. The molecule has 0 spiro atoms. The van der Waals surface area contributed by atoms with Gasteiger partial charge < -0.3 is 10.2 Å². The standard InChI is InChI=1S/C13H20N2S/c1-9(2)15(5)13(16)14-12-8-10(3)6-7-11(12)4/h6-9H,1-5H3,(H,14,16). The van der Waals surface area contributed by atoms with Crippen LogP contribution < -0.4 is 5.32 Å². The summed E-state index contributed by atoms with van der Waals surface area (Å²) < 4.78 is 0. The van der Waals surface area contributed by atoms with Crippen LogP contribution in [0.1, 0.15) is 25.0 Å². The molecule has 1 N–H and O–H groups in total. The fourth-order valence-electron chi connectivity index (χ4n) is 1.31. The van der Waals surface area contributed by atoms with E-state index in [2.05, 4.69) is 56.1 Å². The van der Waals surface area contributed by atoms with Crippen molar-refractivity contribution in [3.05, 3.63) is 29.3 Å². The number of hydrogen-bond donors (Lipinski definition) is 1. The van der Waals surface area contributed by atoms with E-state index in [1.54, 1.807) is 0 Å². The van der Waals surface area contributed by atoms with Crippen LogP contribution in [0.4, 0.5) is 5.69 Å². The Kier molecular flexibility index (Phi) is 4.30. The van der Waals surface area contributed by atoms with Gasteiger partial charge in [-0.1, -0.05) is 12.1 Å². The third-order valence-corrected chi connectivity index (χ3v) is 3.12. The summed E-state index contributed by atoms with van der Waals surface area (Å²) in [7, 11) is 2.01. The summed E-state index contributed by atoms with van der Waals surface area (Å²) in [5.41, 5.74) is 3.55. The van der Waals surface area contributed by atoms with E-state index >= 15 is 0 Å². The highest BCUT2D eigenvalue weighted by atomic mass is 32.1. The molecule has 1 aromatic carbocycles. The summed E-state index contributed by atoms with van der Waals surface area (Å²) in [5.74, 6) is 0. The Morgan fingerprint density at radius 2 is 1.94 bits per heavy atom. The molecule has 0 aliphatic rings. The molecular formula is C13H20N2S. The summed E-state index contributed by atoms with van der Waals surface area (Å²) >= 11 is 5.35. The largest absolute Gasteiger partial charge is 0.350 e. The first kappa shape index (κ1) is 13.0. The zero-order valence-corrected chi connectivity index (χ0v) is 11.5. The first-order valence-corrected chi connectivity index (χ1v) is 5.93. The topological polar surface area (TPSA) is 15.3 Å². The zero-order chi connectivity index (χ0) is 12.3. The second kappa shape index (κ2) is 5.30. The van der Waals surface area contributed by atoms with Gasteiger partial charge in [0.05, 0.1) is 0 Å². The molecule has 0 amide bonds. The second-order valence-corrected chi connectivity index (χ2v) is 4.84. The molecule has 0 saturated heterocycles. The van der Waals surface area contributed by atoms with Gasteiger partial charge in [0.2, 0.25) is 0 Å².